The Labute approximate surface area is 115 Å². The van der Waals surface area contributed by atoms with Crippen LogP contribution in [0.15, 0.2) is 18.2 Å². The minimum Gasteiger partial charge on any atom is -0.310 e. The first-order chi connectivity index (χ1) is 8.33. The van der Waals surface area contributed by atoms with Crippen LogP contribution in [0.25, 0.3) is 0 Å². The Morgan fingerprint density at radius 1 is 1.33 bits per heavy atom. The van der Waals surface area contributed by atoms with Crippen LogP contribution in [0.5, 0.6) is 0 Å². The molecule has 0 aliphatic carbocycles. The topological polar surface area (TPSA) is 12.0 Å². The van der Waals surface area contributed by atoms with Gasteiger partial charge in [-0.2, -0.15) is 11.8 Å². The maximum absolute atomic E-state index is 13.3. The van der Waals surface area contributed by atoms with Crippen molar-refractivity contribution in [2.75, 3.05) is 12.3 Å². The molecule has 0 bridgehead atoms. The highest BCUT2D eigenvalue weighted by atomic mass is 32.2. The van der Waals surface area contributed by atoms with Crippen molar-refractivity contribution in [3.63, 3.8) is 0 Å². The molecule has 1 aromatic rings. The van der Waals surface area contributed by atoms with Crippen molar-refractivity contribution < 1.29 is 4.39 Å². The largest absolute Gasteiger partial charge is 0.310 e. The molecule has 1 aromatic carbocycles. The van der Waals surface area contributed by atoms with E-state index in [1.807, 2.05) is 30.8 Å². The van der Waals surface area contributed by atoms with Crippen molar-refractivity contribution in [3.05, 3.63) is 35.1 Å². The highest BCUT2D eigenvalue weighted by molar-refractivity contribution is 8.00. The molecule has 3 heteroatoms. The van der Waals surface area contributed by atoms with Gasteiger partial charge in [-0.05, 0) is 30.7 Å². The smallest absolute Gasteiger partial charge is 0.126 e. The monoisotopic (exact) mass is 269 g/mol. The third-order valence-corrected chi connectivity index (χ3v) is 4.08. The first kappa shape index (κ1) is 15.5. The second kappa shape index (κ2) is 6.58. The van der Waals surface area contributed by atoms with Crippen LogP contribution in [-0.4, -0.2) is 17.0 Å². The average Bonchev–Trinajstić information content (AvgIpc) is 2.27. The van der Waals surface area contributed by atoms with Crippen molar-refractivity contribution in [1.29, 1.82) is 0 Å². The van der Waals surface area contributed by atoms with Gasteiger partial charge in [-0.25, -0.2) is 4.39 Å². The average molecular weight is 269 g/mol. The summed E-state index contributed by atoms with van der Waals surface area (Å²) in [6, 6.07) is 5.69. The molecule has 1 unspecified atom stereocenters. The van der Waals surface area contributed by atoms with Gasteiger partial charge < -0.3 is 5.32 Å². The summed E-state index contributed by atoms with van der Waals surface area (Å²) in [4.78, 5) is 0. The highest BCUT2D eigenvalue weighted by Crippen LogP contribution is 2.29. The second-order valence-electron chi connectivity index (χ2n) is 5.54. The zero-order valence-corrected chi connectivity index (χ0v) is 12.8. The summed E-state index contributed by atoms with van der Waals surface area (Å²) in [7, 11) is 0. The van der Waals surface area contributed by atoms with Gasteiger partial charge >= 0.3 is 0 Å². The van der Waals surface area contributed by atoms with Crippen molar-refractivity contribution in [1.82, 2.24) is 5.32 Å². The zero-order chi connectivity index (χ0) is 13.8. The third kappa shape index (κ3) is 4.99. The van der Waals surface area contributed by atoms with Crippen LogP contribution in [0.1, 0.15) is 44.9 Å². The Hall–Kier alpha value is -0.540. The van der Waals surface area contributed by atoms with E-state index in [0.29, 0.717) is 6.04 Å². The lowest BCUT2D eigenvalue weighted by atomic mass is 10.1. The molecule has 1 atom stereocenters. The molecule has 0 fully saturated rings. The van der Waals surface area contributed by atoms with Crippen LogP contribution in [-0.2, 0) is 0 Å². The van der Waals surface area contributed by atoms with Crippen LogP contribution in [0.4, 0.5) is 4.39 Å². The van der Waals surface area contributed by atoms with Crippen LogP contribution in [0.3, 0.4) is 0 Å². The fourth-order valence-corrected chi connectivity index (χ4v) is 2.71. The van der Waals surface area contributed by atoms with Crippen LogP contribution < -0.4 is 5.32 Å². The molecule has 0 aromatic heterocycles. The predicted octanol–water partition coefficient (Wildman–Crippen LogP) is 4.32. The number of hydrogen-bond donors (Lipinski definition) is 1. The molecular weight excluding hydrogens is 245 g/mol. The van der Waals surface area contributed by atoms with E-state index >= 15 is 0 Å². The minimum absolute atomic E-state index is 0.127. The predicted molar refractivity (Wildman–Crippen MR) is 79.8 cm³/mol. The lowest BCUT2D eigenvalue weighted by Crippen LogP contribution is -2.25. The summed E-state index contributed by atoms with van der Waals surface area (Å²) in [5.41, 5.74) is 1.89. The summed E-state index contributed by atoms with van der Waals surface area (Å²) in [5.74, 6) is 0.875. The third-order valence-electron chi connectivity index (χ3n) is 2.72. The molecule has 1 rings (SSSR count). The number of halogens is 1. The molecule has 0 radical (unpaired) electrons. The quantitative estimate of drug-likeness (QED) is 0.854. The standard InChI is InChI=1S/C15H24FNS/c1-6-17-14(10-18-15(3,4)5)12-7-8-13(16)11(2)9-12/h7-9,14,17H,6,10H2,1-5H3. The molecule has 102 valence electrons. The van der Waals surface area contributed by atoms with Gasteiger partial charge in [0.25, 0.3) is 0 Å². The summed E-state index contributed by atoms with van der Waals surface area (Å²) in [6.45, 7) is 11.5. The van der Waals surface area contributed by atoms with Crippen LogP contribution in [0.2, 0.25) is 0 Å². The lowest BCUT2D eigenvalue weighted by molar-refractivity contribution is 0.592. The summed E-state index contributed by atoms with van der Waals surface area (Å²) < 4.78 is 13.6. The first-order valence-electron chi connectivity index (χ1n) is 6.47. The Bertz CT molecular complexity index is 385. The highest BCUT2D eigenvalue weighted by Gasteiger charge is 2.17. The molecule has 0 saturated carbocycles. The number of hydrogen-bond acceptors (Lipinski definition) is 2. The molecule has 0 heterocycles. The Kier molecular flexibility index (Phi) is 5.67. The van der Waals surface area contributed by atoms with Gasteiger partial charge in [0.2, 0.25) is 0 Å². The van der Waals surface area contributed by atoms with Gasteiger partial charge in [-0.3, -0.25) is 0 Å². The number of thioether (sulfide) groups is 1. The summed E-state index contributed by atoms with van der Waals surface area (Å²) in [6.07, 6.45) is 0. The van der Waals surface area contributed by atoms with E-state index in [1.165, 1.54) is 5.56 Å². The Morgan fingerprint density at radius 3 is 2.50 bits per heavy atom. The molecule has 0 amide bonds. The minimum atomic E-state index is -0.127. The zero-order valence-electron chi connectivity index (χ0n) is 12.0. The van der Waals surface area contributed by atoms with Gasteiger partial charge in [0, 0.05) is 16.5 Å². The maximum Gasteiger partial charge on any atom is 0.126 e. The molecule has 0 aliphatic rings. The van der Waals surface area contributed by atoms with E-state index in [1.54, 1.807) is 6.07 Å². The molecule has 18 heavy (non-hydrogen) atoms. The molecule has 1 nitrogen and oxygen atoms in total. The normalized spacial score (nSPS) is 13.7. The number of benzene rings is 1. The molecular formula is C15H24FNS. The number of aryl methyl sites for hydroxylation is 1. The van der Waals surface area contributed by atoms with Crippen molar-refractivity contribution in [2.45, 2.75) is 45.4 Å². The van der Waals surface area contributed by atoms with Crippen molar-refractivity contribution in [2.24, 2.45) is 0 Å². The van der Waals surface area contributed by atoms with Crippen LogP contribution in [0, 0.1) is 12.7 Å². The first-order valence-corrected chi connectivity index (χ1v) is 7.45. The van der Waals surface area contributed by atoms with Gasteiger partial charge in [0.05, 0.1) is 0 Å². The SMILES string of the molecule is CCNC(CSC(C)(C)C)c1ccc(F)c(C)c1. The van der Waals surface area contributed by atoms with Gasteiger partial charge in [0.1, 0.15) is 5.82 Å². The summed E-state index contributed by atoms with van der Waals surface area (Å²) >= 11 is 1.93. The van der Waals surface area contributed by atoms with Gasteiger partial charge in [0.15, 0.2) is 0 Å². The number of nitrogens with one attached hydrogen (secondary N) is 1. The van der Waals surface area contributed by atoms with E-state index < -0.39 is 0 Å². The van der Waals surface area contributed by atoms with Gasteiger partial charge in [-0.15, -0.1) is 0 Å². The van der Waals surface area contributed by atoms with E-state index in [2.05, 4.69) is 33.0 Å². The summed E-state index contributed by atoms with van der Waals surface area (Å²) in [5, 5.41) is 3.47. The fourth-order valence-electron chi connectivity index (χ4n) is 1.74. The Morgan fingerprint density at radius 2 is 2.00 bits per heavy atom. The van der Waals surface area contributed by atoms with E-state index in [-0.39, 0.29) is 10.6 Å². The molecule has 1 N–H and O–H groups in total. The van der Waals surface area contributed by atoms with Crippen molar-refractivity contribution >= 4 is 11.8 Å². The van der Waals surface area contributed by atoms with Gasteiger partial charge in [-0.1, -0.05) is 39.8 Å². The lowest BCUT2D eigenvalue weighted by Gasteiger charge is -2.24. The Balaban J connectivity index is 2.80. The van der Waals surface area contributed by atoms with E-state index in [9.17, 15) is 4.39 Å². The fraction of sp³-hybridized carbons (Fsp3) is 0.600. The second-order valence-corrected chi connectivity index (χ2v) is 7.39. The van der Waals surface area contributed by atoms with Crippen molar-refractivity contribution in [3.8, 4) is 0 Å². The number of rotatable bonds is 5. The molecule has 0 saturated heterocycles. The van der Waals surface area contributed by atoms with E-state index in [4.69, 9.17) is 0 Å². The molecule has 0 aliphatic heterocycles. The van der Waals surface area contributed by atoms with Crippen LogP contribution >= 0.6 is 11.8 Å². The maximum atomic E-state index is 13.3. The van der Waals surface area contributed by atoms with E-state index in [0.717, 1.165) is 17.9 Å². The molecule has 0 spiro atoms.